The third-order valence-corrected chi connectivity index (χ3v) is 4.43. The molecular weight excluding hydrogens is 268 g/mol. The Morgan fingerprint density at radius 2 is 2.10 bits per heavy atom. The zero-order valence-corrected chi connectivity index (χ0v) is 13.2. The molecule has 2 atom stereocenters. The predicted molar refractivity (Wildman–Crippen MR) is 83.5 cm³/mol. The van der Waals surface area contributed by atoms with Crippen LogP contribution in [0.15, 0.2) is 18.2 Å². The number of nitro groups is 1. The second-order valence-corrected chi connectivity index (χ2v) is 6.98. The molecule has 5 nitrogen and oxygen atoms in total. The van der Waals surface area contributed by atoms with E-state index in [0.29, 0.717) is 17.2 Å². The van der Waals surface area contributed by atoms with E-state index < -0.39 is 6.10 Å². The maximum absolute atomic E-state index is 11.3. The Hall–Kier alpha value is -1.62. The van der Waals surface area contributed by atoms with Crippen LogP contribution >= 0.6 is 0 Å². The number of aliphatic hydroxyl groups excluding tert-OH is 1. The minimum atomic E-state index is -0.696. The van der Waals surface area contributed by atoms with Crippen LogP contribution in [0.3, 0.4) is 0 Å². The molecule has 0 aromatic heterocycles. The molecular formula is C16H24N2O3. The highest BCUT2D eigenvalue weighted by Crippen LogP contribution is 2.39. The van der Waals surface area contributed by atoms with Crippen molar-refractivity contribution in [2.45, 2.75) is 40.2 Å². The van der Waals surface area contributed by atoms with E-state index in [4.69, 9.17) is 0 Å². The SMILES string of the molecule is CC(O)c1ccc(N2CCC(C(C)(C)C)C2)c([N+](=O)[O-])c1. The largest absolute Gasteiger partial charge is 0.389 e. The Balaban J connectivity index is 2.30. The Morgan fingerprint density at radius 3 is 2.57 bits per heavy atom. The van der Waals surface area contributed by atoms with Crippen LogP contribution in [-0.2, 0) is 0 Å². The van der Waals surface area contributed by atoms with Crippen LogP contribution in [0.2, 0.25) is 0 Å². The van der Waals surface area contributed by atoms with Gasteiger partial charge in [0.15, 0.2) is 0 Å². The lowest BCUT2D eigenvalue weighted by Gasteiger charge is -2.27. The molecule has 2 rings (SSSR count). The van der Waals surface area contributed by atoms with Gasteiger partial charge in [0, 0.05) is 19.2 Å². The first-order valence-electron chi connectivity index (χ1n) is 7.41. The van der Waals surface area contributed by atoms with E-state index in [2.05, 4.69) is 25.7 Å². The van der Waals surface area contributed by atoms with Gasteiger partial charge in [0.05, 0.1) is 11.0 Å². The van der Waals surface area contributed by atoms with Crippen molar-refractivity contribution in [3.8, 4) is 0 Å². The third-order valence-electron chi connectivity index (χ3n) is 4.43. The van der Waals surface area contributed by atoms with E-state index in [1.54, 1.807) is 19.1 Å². The molecule has 1 aromatic rings. The van der Waals surface area contributed by atoms with Crippen LogP contribution in [-0.4, -0.2) is 23.1 Å². The van der Waals surface area contributed by atoms with E-state index >= 15 is 0 Å². The average molecular weight is 292 g/mol. The Bertz CT molecular complexity index is 535. The molecule has 5 heteroatoms. The summed E-state index contributed by atoms with van der Waals surface area (Å²) in [7, 11) is 0. The number of hydrogen-bond donors (Lipinski definition) is 1. The normalized spacial score (nSPS) is 20.6. The van der Waals surface area contributed by atoms with Gasteiger partial charge in [-0.15, -0.1) is 0 Å². The molecule has 1 aliphatic heterocycles. The molecule has 1 aliphatic rings. The van der Waals surface area contributed by atoms with Crippen LogP contribution in [0.25, 0.3) is 0 Å². The number of aliphatic hydroxyl groups is 1. The van der Waals surface area contributed by atoms with Crippen LogP contribution in [0.4, 0.5) is 11.4 Å². The van der Waals surface area contributed by atoms with Gasteiger partial charge in [-0.2, -0.15) is 0 Å². The number of nitro benzene ring substituents is 1. The van der Waals surface area contributed by atoms with Crippen molar-refractivity contribution < 1.29 is 10.0 Å². The quantitative estimate of drug-likeness (QED) is 0.683. The molecule has 1 fully saturated rings. The molecule has 21 heavy (non-hydrogen) atoms. The monoisotopic (exact) mass is 292 g/mol. The number of hydrogen-bond acceptors (Lipinski definition) is 4. The molecule has 1 saturated heterocycles. The second-order valence-electron chi connectivity index (χ2n) is 6.98. The molecule has 2 unspecified atom stereocenters. The zero-order valence-electron chi connectivity index (χ0n) is 13.2. The van der Waals surface area contributed by atoms with Gasteiger partial charge in [-0.05, 0) is 36.3 Å². The van der Waals surface area contributed by atoms with Crippen LogP contribution in [0, 0.1) is 21.4 Å². The smallest absolute Gasteiger partial charge is 0.292 e. The van der Waals surface area contributed by atoms with Crippen molar-refractivity contribution in [3.05, 3.63) is 33.9 Å². The van der Waals surface area contributed by atoms with E-state index in [-0.39, 0.29) is 16.0 Å². The van der Waals surface area contributed by atoms with Crippen molar-refractivity contribution in [1.82, 2.24) is 0 Å². The summed E-state index contributed by atoms with van der Waals surface area (Å²) < 4.78 is 0. The lowest BCUT2D eigenvalue weighted by atomic mass is 9.80. The van der Waals surface area contributed by atoms with Gasteiger partial charge in [0.1, 0.15) is 5.69 Å². The minimum Gasteiger partial charge on any atom is -0.389 e. The first-order chi connectivity index (χ1) is 9.70. The molecule has 0 amide bonds. The number of nitrogens with zero attached hydrogens (tertiary/aromatic N) is 2. The number of anilines is 1. The molecule has 0 bridgehead atoms. The molecule has 0 aliphatic carbocycles. The zero-order chi connectivity index (χ0) is 15.8. The molecule has 1 N–H and O–H groups in total. The first kappa shape index (κ1) is 15.8. The maximum atomic E-state index is 11.3. The van der Waals surface area contributed by atoms with E-state index in [9.17, 15) is 15.2 Å². The van der Waals surface area contributed by atoms with Gasteiger partial charge in [0.2, 0.25) is 0 Å². The fourth-order valence-corrected chi connectivity index (χ4v) is 2.90. The van der Waals surface area contributed by atoms with Gasteiger partial charge in [-0.3, -0.25) is 10.1 Å². The van der Waals surface area contributed by atoms with Crippen LogP contribution in [0.1, 0.15) is 45.8 Å². The third kappa shape index (κ3) is 3.35. The van der Waals surface area contributed by atoms with E-state index in [0.717, 1.165) is 19.5 Å². The summed E-state index contributed by atoms with van der Waals surface area (Å²) in [4.78, 5) is 13.1. The highest BCUT2D eigenvalue weighted by molar-refractivity contribution is 5.65. The molecule has 0 radical (unpaired) electrons. The number of benzene rings is 1. The standard InChI is InChI=1S/C16H24N2O3/c1-11(19)12-5-6-14(15(9-12)18(20)21)17-8-7-13(10-17)16(2,3)4/h5-6,9,11,13,19H,7-8,10H2,1-4H3. The van der Waals surface area contributed by atoms with E-state index in [1.807, 2.05) is 0 Å². The predicted octanol–water partition coefficient (Wildman–Crippen LogP) is 3.52. The average Bonchev–Trinajstić information content (AvgIpc) is 2.87. The van der Waals surface area contributed by atoms with Crippen molar-refractivity contribution >= 4 is 11.4 Å². The summed E-state index contributed by atoms with van der Waals surface area (Å²) in [6, 6.07) is 5.03. The lowest BCUT2D eigenvalue weighted by molar-refractivity contribution is -0.384. The first-order valence-corrected chi connectivity index (χ1v) is 7.41. The van der Waals surface area contributed by atoms with Gasteiger partial charge in [-0.1, -0.05) is 26.8 Å². The lowest BCUT2D eigenvalue weighted by Crippen LogP contribution is -2.26. The van der Waals surface area contributed by atoms with Crippen molar-refractivity contribution in [2.75, 3.05) is 18.0 Å². The Kier molecular flexibility index (Phi) is 4.23. The van der Waals surface area contributed by atoms with Gasteiger partial charge < -0.3 is 10.0 Å². The summed E-state index contributed by atoms with van der Waals surface area (Å²) in [6.45, 7) is 9.95. The van der Waals surface area contributed by atoms with E-state index in [1.165, 1.54) is 6.07 Å². The molecule has 1 aromatic carbocycles. The Morgan fingerprint density at radius 1 is 1.43 bits per heavy atom. The van der Waals surface area contributed by atoms with Gasteiger partial charge in [0.25, 0.3) is 5.69 Å². The molecule has 0 saturated carbocycles. The summed E-state index contributed by atoms with van der Waals surface area (Å²) in [5, 5.41) is 20.9. The maximum Gasteiger partial charge on any atom is 0.292 e. The Labute approximate surface area is 125 Å². The molecule has 116 valence electrons. The topological polar surface area (TPSA) is 66.6 Å². The van der Waals surface area contributed by atoms with Gasteiger partial charge in [-0.25, -0.2) is 0 Å². The number of rotatable bonds is 3. The van der Waals surface area contributed by atoms with Crippen molar-refractivity contribution in [1.29, 1.82) is 0 Å². The highest BCUT2D eigenvalue weighted by atomic mass is 16.6. The van der Waals surface area contributed by atoms with Gasteiger partial charge >= 0.3 is 0 Å². The molecule has 0 spiro atoms. The summed E-state index contributed by atoms with van der Waals surface area (Å²) in [5.74, 6) is 0.536. The second kappa shape index (κ2) is 5.64. The summed E-state index contributed by atoms with van der Waals surface area (Å²) in [5.41, 5.74) is 1.54. The van der Waals surface area contributed by atoms with Crippen molar-refractivity contribution in [2.24, 2.45) is 11.3 Å². The fraction of sp³-hybridized carbons (Fsp3) is 0.625. The summed E-state index contributed by atoms with van der Waals surface area (Å²) >= 11 is 0. The van der Waals surface area contributed by atoms with Crippen molar-refractivity contribution in [3.63, 3.8) is 0 Å². The van der Waals surface area contributed by atoms with Crippen LogP contribution in [0.5, 0.6) is 0 Å². The fourth-order valence-electron chi connectivity index (χ4n) is 2.90. The van der Waals surface area contributed by atoms with Crippen LogP contribution < -0.4 is 4.90 Å². The summed E-state index contributed by atoms with van der Waals surface area (Å²) in [6.07, 6.45) is 0.359. The minimum absolute atomic E-state index is 0.0861. The highest BCUT2D eigenvalue weighted by Gasteiger charge is 2.34. The molecule has 1 heterocycles.